The van der Waals surface area contributed by atoms with Crippen LogP contribution in [0.25, 0.3) is 11.1 Å². The lowest BCUT2D eigenvalue weighted by Crippen LogP contribution is -2.20. The van der Waals surface area contributed by atoms with E-state index < -0.39 is 36.4 Å². The van der Waals surface area contributed by atoms with Gasteiger partial charge in [-0.3, -0.25) is 4.79 Å². The molecule has 2 aromatic carbocycles. The third-order valence-corrected chi connectivity index (χ3v) is 5.39. The van der Waals surface area contributed by atoms with Crippen molar-refractivity contribution < 1.29 is 41.0 Å². The molecule has 0 aromatic heterocycles. The lowest BCUT2D eigenvalue weighted by atomic mass is 9.86. The first-order chi connectivity index (χ1) is 15.2. The molecule has 0 heterocycles. The smallest absolute Gasteiger partial charge is 0.422 e. The van der Waals surface area contributed by atoms with E-state index in [0.29, 0.717) is 0 Å². The van der Waals surface area contributed by atoms with Gasteiger partial charge in [0.25, 0.3) is 0 Å². The molecule has 2 aromatic rings. The van der Waals surface area contributed by atoms with Crippen molar-refractivity contribution in [1.29, 1.82) is 0 Å². The van der Waals surface area contributed by atoms with Gasteiger partial charge in [-0.15, -0.1) is 0 Å². The summed E-state index contributed by atoms with van der Waals surface area (Å²) < 4.78 is 82.0. The van der Waals surface area contributed by atoms with Gasteiger partial charge in [0.05, 0.1) is 16.5 Å². The van der Waals surface area contributed by atoms with Gasteiger partial charge in [-0.05, 0) is 47.7 Å². The van der Waals surface area contributed by atoms with Crippen LogP contribution in [-0.4, -0.2) is 23.9 Å². The summed E-state index contributed by atoms with van der Waals surface area (Å²) in [7, 11) is 0. The quantitative estimate of drug-likeness (QED) is 0.358. The van der Waals surface area contributed by atoms with Gasteiger partial charge in [-0.2, -0.15) is 26.3 Å². The van der Waals surface area contributed by atoms with E-state index in [9.17, 15) is 36.2 Å². The Labute approximate surface area is 192 Å². The number of benzene rings is 2. The number of carboxylic acid groups (broad SMARTS) is 1. The third-order valence-electron chi connectivity index (χ3n) is 5.09. The molecule has 1 N–H and O–H groups in total. The van der Waals surface area contributed by atoms with Gasteiger partial charge in [0, 0.05) is 5.56 Å². The van der Waals surface area contributed by atoms with Crippen molar-refractivity contribution in [3.8, 4) is 16.9 Å². The summed E-state index contributed by atoms with van der Waals surface area (Å²) in [5, 5.41) is 9.58. The minimum absolute atomic E-state index is 0.0315. The number of aliphatic carboxylic acids is 1. The highest BCUT2D eigenvalue weighted by atomic mass is 35.5. The molecule has 0 bridgehead atoms. The zero-order valence-corrected chi connectivity index (χ0v) is 18.6. The van der Waals surface area contributed by atoms with Crippen LogP contribution in [0.3, 0.4) is 0 Å². The van der Waals surface area contributed by atoms with E-state index >= 15 is 0 Å². The Morgan fingerprint density at radius 2 is 1.70 bits per heavy atom. The predicted octanol–water partition coefficient (Wildman–Crippen LogP) is 7.96. The van der Waals surface area contributed by atoms with Crippen molar-refractivity contribution in [2.24, 2.45) is 5.92 Å². The molecule has 182 valence electrons. The summed E-state index contributed by atoms with van der Waals surface area (Å²) in [5.41, 5.74) is -0.733. The Hall–Kier alpha value is -2.42. The standard InChI is InChI=1S/C23H23ClF6O3/c1-3-4-13(2)9-17(21(31)32)15-10-18(24)20(19(11-15)33-12-22(25,26)27)14-5-7-16(8-6-14)23(28,29)30/h5-8,10-11,13,17H,3-4,9,12H2,1-2H3,(H,31,32). The summed E-state index contributed by atoms with van der Waals surface area (Å²) >= 11 is 6.32. The lowest BCUT2D eigenvalue weighted by Gasteiger charge is -2.21. The first-order valence-electron chi connectivity index (χ1n) is 10.2. The molecule has 0 aliphatic rings. The number of hydrogen-bond acceptors (Lipinski definition) is 2. The van der Waals surface area contributed by atoms with E-state index in [0.717, 1.165) is 37.1 Å². The number of carboxylic acids is 1. The number of carbonyl (C=O) groups is 1. The maximum Gasteiger partial charge on any atom is 0.422 e. The van der Waals surface area contributed by atoms with Crippen molar-refractivity contribution in [3.63, 3.8) is 0 Å². The highest BCUT2D eigenvalue weighted by Gasteiger charge is 2.32. The number of ether oxygens (including phenoxy) is 1. The Morgan fingerprint density at radius 3 is 2.18 bits per heavy atom. The molecule has 2 unspecified atom stereocenters. The van der Waals surface area contributed by atoms with Crippen molar-refractivity contribution in [3.05, 3.63) is 52.5 Å². The predicted molar refractivity (Wildman–Crippen MR) is 113 cm³/mol. The van der Waals surface area contributed by atoms with Gasteiger partial charge in [-0.25, -0.2) is 0 Å². The normalized spacial score (nSPS) is 14.1. The highest BCUT2D eigenvalue weighted by Crippen LogP contribution is 2.42. The molecule has 0 amide bonds. The van der Waals surface area contributed by atoms with E-state index in [1.54, 1.807) is 0 Å². The SMILES string of the molecule is CCCC(C)CC(C(=O)O)c1cc(Cl)c(-c2ccc(C(F)(F)F)cc2)c(OCC(F)(F)F)c1. The fraction of sp³-hybridized carbons (Fsp3) is 0.435. The second-order valence-corrected chi connectivity index (χ2v) is 8.28. The molecule has 0 saturated carbocycles. The molecular weight excluding hydrogens is 474 g/mol. The van der Waals surface area contributed by atoms with E-state index in [2.05, 4.69) is 0 Å². The summed E-state index contributed by atoms with van der Waals surface area (Å²) in [6, 6.07) is 6.18. The number of alkyl halides is 6. The Balaban J connectivity index is 2.56. The maximum absolute atomic E-state index is 12.9. The van der Waals surface area contributed by atoms with Crippen LogP contribution < -0.4 is 4.74 Å². The van der Waals surface area contributed by atoms with Crippen molar-refractivity contribution >= 4 is 17.6 Å². The molecular formula is C23H23ClF6O3. The second kappa shape index (κ2) is 10.7. The van der Waals surface area contributed by atoms with Gasteiger partial charge in [0.2, 0.25) is 0 Å². The van der Waals surface area contributed by atoms with Crippen molar-refractivity contribution in [1.82, 2.24) is 0 Å². The third kappa shape index (κ3) is 7.55. The van der Waals surface area contributed by atoms with Crippen LogP contribution in [-0.2, 0) is 11.0 Å². The zero-order valence-electron chi connectivity index (χ0n) is 17.9. The average Bonchev–Trinajstić information content (AvgIpc) is 2.69. The molecule has 0 aliphatic carbocycles. The lowest BCUT2D eigenvalue weighted by molar-refractivity contribution is -0.153. The summed E-state index contributed by atoms with van der Waals surface area (Å²) in [6.45, 7) is 2.15. The highest BCUT2D eigenvalue weighted by molar-refractivity contribution is 6.33. The van der Waals surface area contributed by atoms with Crippen molar-refractivity contribution in [2.75, 3.05) is 6.61 Å². The van der Waals surface area contributed by atoms with Gasteiger partial charge >= 0.3 is 18.3 Å². The zero-order chi connectivity index (χ0) is 25.0. The minimum Gasteiger partial charge on any atom is -0.483 e. The summed E-state index contributed by atoms with van der Waals surface area (Å²) in [6.07, 6.45) is -7.45. The molecule has 0 spiro atoms. The monoisotopic (exact) mass is 496 g/mol. The first kappa shape index (κ1) is 26.8. The Bertz CT molecular complexity index is 954. The molecule has 0 aliphatic heterocycles. The molecule has 0 saturated heterocycles. The van der Waals surface area contributed by atoms with Crippen LogP contribution >= 0.6 is 11.6 Å². The maximum atomic E-state index is 12.9. The van der Waals surface area contributed by atoms with Crippen LogP contribution in [0.15, 0.2) is 36.4 Å². The molecule has 10 heteroatoms. The van der Waals surface area contributed by atoms with Crippen molar-refractivity contribution in [2.45, 2.75) is 51.4 Å². The topological polar surface area (TPSA) is 46.5 Å². The minimum atomic E-state index is -4.69. The van der Waals surface area contributed by atoms with Gasteiger partial charge in [0.15, 0.2) is 6.61 Å². The van der Waals surface area contributed by atoms with Gasteiger partial charge < -0.3 is 9.84 Å². The number of rotatable bonds is 9. The van der Waals surface area contributed by atoms with Crippen LogP contribution in [0.4, 0.5) is 26.3 Å². The fourth-order valence-corrected chi connectivity index (χ4v) is 3.90. The fourth-order valence-electron chi connectivity index (χ4n) is 3.57. The van der Waals surface area contributed by atoms with E-state index in [1.165, 1.54) is 12.1 Å². The Morgan fingerprint density at radius 1 is 1.09 bits per heavy atom. The van der Waals surface area contributed by atoms with Crippen LogP contribution in [0.5, 0.6) is 5.75 Å². The molecule has 0 radical (unpaired) electrons. The molecule has 2 atom stereocenters. The first-order valence-corrected chi connectivity index (χ1v) is 10.5. The molecule has 0 fully saturated rings. The second-order valence-electron chi connectivity index (χ2n) is 7.88. The largest absolute Gasteiger partial charge is 0.483 e. The molecule has 3 nitrogen and oxygen atoms in total. The van der Waals surface area contributed by atoms with Crippen LogP contribution in [0.1, 0.15) is 50.2 Å². The Kier molecular flexibility index (Phi) is 8.68. The average molecular weight is 497 g/mol. The van der Waals surface area contributed by atoms with Gasteiger partial charge in [0.1, 0.15) is 5.75 Å². The van der Waals surface area contributed by atoms with E-state index in [4.69, 9.17) is 16.3 Å². The molecule has 2 rings (SSSR count). The number of halogens is 7. The van der Waals surface area contributed by atoms with Gasteiger partial charge in [-0.1, -0.05) is 50.4 Å². The number of hydrogen-bond donors (Lipinski definition) is 1. The summed E-state index contributed by atoms with van der Waals surface area (Å²) in [4.78, 5) is 11.9. The van der Waals surface area contributed by atoms with Crippen LogP contribution in [0.2, 0.25) is 5.02 Å². The van der Waals surface area contributed by atoms with E-state index in [1.807, 2.05) is 13.8 Å². The van der Waals surface area contributed by atoms with Crippen LogP contribution in [0, 0.1) is 5.92 Å². The molecule has 33 heavy (non-hydrogen) atoms. The van der Waals surface area contributed by atoms with E-state index in [-0.39, 0.29) is 39.8 Å². The summed E-state index contributed by atoms with van der Waals surface area (Å²) in [5.74, 6) is -2.54.